The molecule has 1 amide bonds. The topological polar surface area (TPSA) is 94.8 Å². The molecule has 1 aromatic carbocycles. The fourth-order valence-corrected chi connectivity index (χ4v) is 2.31. The largest absolute Gasteiger partial charge is 0.352 e. The number of nitrogens with one attached hydrogen (secondary N) is 3. The van der Waals surface area contributed by atoms with Crippen molar-refractivity contribution >= 4 is 17.5 Å². The Morgan fingerprint density at radius 1 is 1.27 bits per heavy atom. The molecule has 22 heavy (non-hydrogen) atoms. The summed E-state index contributed by atoms with van der Waals surface area (Å²) >= 11 is 5.87. The second-order valence-electron chi connectivity index (χ2n) is 4.92. The molecule has 0 saturated carbocycles. The number of halogens is 1. The Bertz CT molecular complexity index is 795. The van der Waals surface area contributed by atoms with Gasteiger partial charge in [-0.2, -0.15) is 0 Å². The summed E-state index contributed by atoms with van der Waals surface area (Å²) in [5, 5.41) is 3.38. The number of carbonyl (C=O) groups excluding carboxylic acids is 1. The lowest BCUT2D eigenvalue weighted by Crippen LogP contribution is -2.29. The number of benzene rings is 1. The number of aromatic nitrogens is 2. The van der Waals surface area contributed by atoms with Crippen molar-refractivity contribution in [3.8, 4) is 0 Å². The number of hydrogen-bond acceptors (Lipinski definition) is 3. The number of rotatable bonds is 5. The van der Waals surface area contributed by atoms with E-state index in [-0.39, 0.29) is 18.7 Å². The molecule has 0 unspecified atom stereocenters. The van der Waals surface area contributed by atoms with Gasteiger partial charge in [-0.15, -0.1) is 0 Å². The van der Waals surface area contributed by atoms with Crippen LogP contribution < -0.4 is 16.6 Å². The first kappa shape index (κ1) is 16.0. The summed E-state index contributed by atoms with van der Waals surface area (Å²) in [5.41, 5.74) is 0.799. The Balaban J connectivity index is 1.91. The summed E-state index contributed by atoms with van der Waals surface area (Å²) in [6.45, 7) is 2.01. The first-order valence-electron chi connectivity index (χ1n) is 6.79. The van der Waals surface area contributed by atoms with Crippen LogP contribution in [0.4, 0.5) is 0 Å². The van der Waals surface area contributed by atoms with Gasteiger partial charge < -0.3 is 10.3 Å². The van der Waals surface area contributed by atoms with Gasteiger partial charge in [-0.1, -0.05) is 23.7 Å². The summed E-state index contributed by atoms with van der Waals surface area (Å²) in [4.78, 5) is 39.3. The number of carbonyl (C=O) groups is 1. The molecule has 0 radical (unpaired) electrons. The maximum Gasteiger partial charge on any atom is 0.325 e. The van der Waals surface area contributed by atoms with Crippen LogP contribution in [0.1, 0.15) is 23.2 Å². The molecule has 1 aromatic heterocycles. The zero-order valence-corrected chi connectivity index (χ0v) is 12.8. The van der Waals surface area contributed by atoms with E-state index in [1.165, 1.54) is 0 Å². The fourth-order valence-electron chi connectivity index (χ4n) is 2.10. The molecule has 0 fully saturated rings. The van der Waals surface area contributed by atoms with Crippen molar-refractivity contribution < 1.29 is 4.79 Å². The van der Waals surface area contributed by atoms with Crippen LogP contribution in [-0.2, 0) is 17.8 Å². The highest BCUT2D eigenvalue weighted by atomic mass is 35.5. The fraction of sp³-hybridized carbons (Fsp3) is 0.267. The van der Waals surface area contributed by atoms with Gasteiger partial charge in [0, 0.05) is 29.2 Å². The molecule has 116 valence electrons. The van der Waals surface area contributed by atoms with E-state index < -0.39 is 11.2 Å². The van der Waals surface area contributed by atoms with Gasteiger partial charge in [0.25, 0.3) is 5.56 Å². The Labute approximate surface area is 131 Å². The lowest BCUT2D eigenvalue weighted by Gasteiger charge is -2.07. The molecule has 0 bridgehead atoms. The molecule has 2 aromatic rings. The van der Waals surface area contributed by atoms with Crippen LogP contribution in [0.25, 0.3) is 0 Å². The lowest BCUT2D eigenvalue weighted by molar-refractivity contribution is -0.121. The lowest BCUT2D eigenvalue weighted by atomic mass is 10.1. The highest BCUT2D eigenvalue weighted by Gasteiger charge is 2.09. The molecule has 0 spiro atoms. The van der Waals surface area contributed by atoms with Gasteiger partial charge in [-0.25, -0.2) is 4.79 Å². The maximum absolute atomic E-state index is 11.8. The highest BCUT2D eigenvalue weighted by Crippen LogP contribution is 2.10. The first-order chi connectivity index (χ1) is 10.5. The minimum absolute atomic E-state index is 0.163. The molecular weight excluding hydrogens is 306 g/mol. The number of aryl methyl sites for hydroxylation is 1. The van der Waals surface area contributed by atoms with E-state index >= 15 is 0 Å². The summed E-state index contributed by atoms with van der Waals surface area (Å²) < 4.78 is 0. The summed E-state index contributed by atoms with van der Waals surface area (Å²) in [6, 6.07) is 7.21. The van der Waals surface area contributed by atoms with Crippen LogP contribution in [0.2, 0.25) is 5.02 Å². The average Bonchev–Trinajstić information content (AvgIpc) is 2.44. The van der Waals surface area contributed by atoms with Crippen LogP contribution >= 0.6 is 11.6 Å². The van der Waals surface area contributed by atoms with E-state index in [1.807, 2.05) is 12.1 Å². The van der Waals surface area contributed by atoms with Crippen LogP contribution in [-0.4, -0.2) is 15.9 Å². The van der Waals surface area contributed by atoms with E-state index in [0.717, 1.165) is 5.56 Å². The van der Waals surface area contributed by atoms with E-state index in [9.17, 15) is 14.4 Å². The molecular formula is C15H16ClN3O3. The third-order valence-corrected chi connectivity index (χ3v) is 3.47. The molecule has 0 atom stereocenters. The Hall–Kier alpha value is -2.34. The minimum atomic E-state index is -0.545. The van der Waals surface area contributed by atoms with Gasteiger partial charge in [0.15, 0.2) is 0 Å². The highest BCUT2D eigenvalue weighted by molar-refractivity contribution is 6.30. The summed E-state index contributed by atoms with van der Waals surface area (Å²) in [5.74, 6) is -0.176. The van der Waals surface area contributed by atoms with E-state index in [0.29, 0.717) is 22.8 Å². The minimum Gasteiger partial charge on any atom is -0.352 e. The van der Waals surface area contributed by atoms with Gasteiger partial charge in [-0.3, -0.25) is 14.6 Å². The number of amides is 1. The molecule has 0 aliphatic heterocycles. The first-order valence-corrected chi connectivity index (χ1v) is 7.16. The summed E-state index contributed by atoms with van der Waals surface area (Å²) in [7, 11) is 0. The van der Waals surface area contributed by atoms with Gasteiger partial charge >= 0.3 is 5.69 Å². The van der Waals surface area contributed by atoms with Crippen LogP contribution in [0, 0.1) is 6.92 Å². The predicted molar refractivity (Wildman–Crippen MR) is 84.0 cm³/mol. The van der Waals surface area contributed by atoms with Crippen molar-refractivity contribution in [2.24, 2.45) is 0 Å². The molecule has 2 rings (SSSR count). The average molecular weight is 322 g/mol. The molecule has 0 aliphatic rings. The third kappa shape index (κ3) is 4.33. The van der Waals surface area contributed by atoms with E-state index in [1.54, 1.807) is 19.1 Å². The Morgan fingerprint density at radius 2 is 2.05 bits per heavy atom. The SMILES string of the molecule is Cc1[nH]c(=O)[nH]c(=O)c1CCC(=O)NCc1cccc(Cl)c1. The Morgan fingerprint density at radius 3 is 2.73 bits per heavy atom. The predicted octanol–water partition coefficient (Wildman–Crippen LogP) is 1.27. The van der Waals surface area contributed by atoms with E-state index in [2.05, 4.69) is 15.3 Å². The number of aromatic amines is 2. The van der Waals surface area contributed by atoms with Crippen LogP contribution in [0.3, 0.4) is 0 Å². The van der Waals surface area contributed by atoms with E-state index in [4.69, 9.17) is 11.6 Å². The molecule has 1 heterocycles. The standard InChI is InChI=1S/C15H16ClN3O3/c1-9-12(14(21)19-15(22)18-9)5-6-13(20)17-8-10-3-2-4-11(16)7-10/h2-4,7H,5-6,8H2,1H3,(H,17,20)(H2,18,19,21,22). The quantitative estimate of drug-likeness (QED) is 0.774. The van der Waals surface area contributed by atoms with Crippen molar-refractivity contribution in [3.05, 3.63) is 66.9 Å². The zero-order valence-electron chi connectivity index (χ0n) is 12.0. The molecule has 6 nitrogen and oxygen atoms in total. The smallest absolute Gasteiger partial charge is 0.325 e. The normalized spacial score (nSPS) is 10.5. The molecule has 0 saturated heterocycles. The second-order valence-corrected chi connectivity index (χ2v) is 5.35. The van der Waals surface area contributed by atoms with Gasteiger partial charge in [0.1, 0.15) is 0 Å². The molecule has 0 aliphatic carbocycles. The number of H-pyrrole nitrogens is 2. The van der Waals surface area contributed by atoms with Crippen molar-refractivity contribution in [1.82, 2.24) is 15.3 Å². The maximum atomic E-state index is 11.8. The third-order valence-electron chi connectivity index (χ3n) is 3.24. The summed E-state index contributed by atoms with van der Waals surface area (Å²) in [6.07, 6.45) is 0.426. The zero-order chi connectivity index (χ0) is 16.1. The number of hydrogen-bond donors (Lipinski definition) is 3. The molecule has 3 N–H and O–H groups in total. The van der Waals surface area contributed by atoms with Crippen molar-refractivity contribution in [3.63, 3.8) is 0 Å². The molecule has 7 heteroatoms. The van der Waals surface area contributed by atoms with Crippen molar-refractivity contribution in [1.29, 1.82) is 0 Å². The van der Waals surface area contributed by atoms with Crippen molar-refractivity contribution in [2.75, 3.05) is 0 Å². The second kappa shape index (κ2) is 7.09. The Kier molecular flexibility index (Phi) is 5.16. The van der Waals surface area contributed by atoms with Crippen molar-refractivity contribution in [2.45, 2.75) is 26.3 Å². The van der Waals surface area contributed by atoms with Gasteiger partial charge in [0.05, 0.1) is 0 Å². The van der Waals surface area contributed by atoms with Gasteiger partial charge in [-0.05, 0) is 31.0 Å². The van der Waals surface area contributed by atoms with Crippen LogP contribution in [0.5, 0.6) is 0 Å². The van der Waals surface area contributed by atoms with Gasteiger partial charge in [0.2, 0.25) is 5.91 Å². The van der Waals surface area contributed by atoms with Crippen LogP contribution in [0.15, 0.2) is 33.9 Å². The monoisotopic (exact) mass is 321 g/mol.